The Balaban J connectivity index is 1.93. The fraction of sp³-hybridized carbons (Fsp3) is 0.381. The number of nitrogens with zero attached hydrogens (tertiary/aromatic N) is 1. The highest BCUT2D eigenvalue weighted by Gasteiger charge is 2.32. The lowest BCUT2D eigenvalue weighted by Crippen LogP contribution is -2.34. The van der Waals surface area contributed by atoms with E-state index >= 15 is 0 Å². The van der Waals surface area contributed by atoms with E-state index in [2.05, 4.69) is 50.5 Å². The van der Waals surface area contributed by atoms with Gasteiger partial charge in [0.15, 0.2) is 11.5 Å². The lowest BCUT2D eigenvalue weighted by atomic mass is 9.87. The fourth-order valence-corrected chi connectivity index (χ4v) is 3.22. The van der Waals surface area contributed by atoms with E-state index in [0.29, 0.717) is 17.9 Å². The second-order valence-corrected chi connectivity index (χ2v) is 7.54. The van der Waals surface area contributed by atoms with Crippen molar-refractivity contribution in [3.63, 3.8) is 0 Å². The molecule has 5 nitrogen and oxygen atoms in total. The largest absolute Gasteiger partial charge is 0.493 e. The van der Waals surface area contributed by atoms with Crippen molar-refractivity contribution in [2.45, 2.75) is 38.6 Å². The van der Waals surface area contributed by atoms with E-state index in [0.717, 1.165) is 11.3 Å². The van der Waals surface area contributed by atoms with Gasteiger partial charge < -0.3 is 9.47 Å². The summed E-state index contributed by atoms with van der Waals surface area (Å²) in [4.78, 5) is 12.1. The van der Waals surface area contributed by atoms with Crippen LogP contribution < -0.4 is 19.9 Å². The highest BCUT2D eigenvalue weighted by Crippen LogP contribution is 2.37. The SMILES string of the molecule is COc1ccc(C2CC(=O)NN2c2ccc(C(C)(C)C)cc2)cc1OC. The zero-order valence-electron chi connectivity index (χ0n) is 16.0. The molecule has 5 heteroatoms. The molecule has 1 N–H and O–H groups in total. The quantitative estimate of drug-likeness (QED) is 0.902. The predicted octanol–water partition coefficient (Wildman–Crippen LogP) is 3.98. The van der Waals surface area contributed by atoms with Crippen molar-refractivity contribution < 1.29 is 14.3 Å². The highest BCUT2D eigenvalue weighted by atomic mass is 16.5. The molecule has 1 atom stereocenters. The van der Waals surface area contributed by atoms with Gasteiger partial charge in [-0.2, -0.15) is 0 Å². The summed E-state index contributed by atoms with van der Waals surface area (Å²) in [5.41, 5.74) is 6.28. The molecule has 0 saturated carbocycles. The molecule has 138 valence electrons. The summed E-state index contributed by atoms with van der Waals surface area (Å²) in [7, 11) is 3.23. The van der Waals surface area contributed by atoms with Gasteiger partial charge in [-0.3, -0.25) is 15.2 Å². The van der Waals surface area contributed by atoms with Crippen LogP contribution in [0.4, 0.5) is 5.69 Å². The lowest BCUT2D eigenvalue weighted by Gasteiger charge is -2.27. The number of benzene rings is 2. The first kappa shape index (κ1) is 18.1. The molecule has 1 heterocycles. The molecule has 0 spiro atoms. The molecule has 26 heavy (non-hydrogen) atoms. The molecule has 2 aromatic carbocycles. The van der Waals surface area contributed by atoms with Crippen LogP contribution >= 0.6 is 0 Å². The van der Waals surface area contributed by atoms with Crippen LogP contribution in [0, 0.1) is 0 Å². The van der Waals surface area contributed by atoms with Gasteiger partial charge in [-0.25, -0.2) is 0 Å². The smallest absolute Gasteiger partial charge is 0.241 e. The molecule has 0 aromatic heterocycles. The number of anilines is 1. The average molecular weight is 354 g/mol. The molecular formula is C21H26N2O3. The number of hydrogen-bond acceptors (Lipinski definition) is 4. The Morgan fingerprint density at radius 3 is 2.23 bits per heavy atom. The van der Waals surface area contributed by atoms with Crippen molar-refractivity contribution in [2.75, 3.05) is 19.2 Å². The molecule has 0 radical (unpaired) electrons. The summed E-state index contributed by atoms with van der Waals surface area (Å²) >= 11 is 0. The van der Waals surface area contributed by atoms with Gasteiger partial charge in [-0.1, -0.05) is 39.0 Å². The Kier molecular flexibility index (Phi) is 4.81. The Labute approximate surface area is 154 Å². The molecule has 1 unspecified atom stereocenters. The van der Waals surface area contributed by atoms with Crippen molar-refractivity contribution in [3.8, 4) is 11.5 Å². The highest BCUT2D eigenvalue weighted by molar-refractivity contribution is 5.83. The van der Waals surface area contributed by atoms with E-state index < -0.39 is 0 Å². The Bertz CT molecular complexity index is 794. The van der Waals surface area contributed by atoms with Gasteiger partial charge in [0.1, 0.15) is 0 Å². The summed E-state index contributed by atoms with van der Waals surface area (Å²) in [6, 6.07) is 14.0. The van der Waals surface area contributed by atoms with Gasteiger partial charge >= 0.3 is 0 Å². The van der Waals surface area contributed by atoms with Crippen LogP contribution in [0.1, 0.15) is 44.4 Å². The first-order chi connectivity index (χ1) is 12.3. The summed E-state index contributed by atoms with van der Waals surface area (Å²) in [5.74, 6) is 1.34. The van der Waals surface area contributed by atoms with Crippen molar-refractivity contribution in [1.82, 2.24) is 5.43 Å². The third-order valence-electron chi connectivity index (χ3n) is 4.74. The number of carbonyl (C=O) groups excluding carboxylic acids is 1. The number of rotatable bonds is 4. The van der Waals surface area contributed by atoms with E-state index in [-0.39, 0.29) is 17.4 Å². The maximum Gasteiger partial charge on any atom is 0.241 e. The summed E-state index contributed by atoms with van der Waals surface area (Å²) in [5, 5.41) is 1.93. The molecule has 1 saturated heterocycles. The van der Waals surface area contributed by atoms with Gasteiger partial charge in [0, 0.05) is 0 Å². The molecule has 1 fully saturated rings. The normalized spacial score (nSPS) is 17.2. The number of amides is 1. The first-order valence-corrected chi connectivity index (χ1v) is 8.74. The van der Waals surface area contributed by atoms with Crippen LogP contribution in [0.2, 0.25) is 0 Å². The molecule has 1 aliphatic rings. The maximum absolute atomic E-state index is 12.1. The van der Waals surface area contributed by atoms with Crippen molar-refractivity contribution in [1.29, 1.82) is 0 Å². The molecule has 2 aromatic rings. The van der Waals surface area contributed by atoms with Crippen LogP contribution in [0.25, 0.3) is 0 Å². The Morgan fingerprint density at radius 1 is 1.00 bits per heavy atom. The molecule has 3 rings (SSSR count). The first-order valence-electron chi connectivity index (χ1n) is 8.74. The van der Waals surface area contributed by atoms with Gasteiger partial charge in [-0.05, 0) is 40.8 Å². The molecule has 1 aliphatic heterocycles. The Morgan fingerprint density at radius 2 is 1.65 bits per heavy atom. The standard InChI is InChI=1S/C21H26N2O3/c1-21(2,3)15-7-9-16(10-8-15)23-17(13-20(24)22-23)14-6-11-18(25-4)19(12-14)26-5/h6-12,17H,13H2,1-5H3,(H,22,24). The maximum atomic E-state index is 12.1. The fourth-order valence-electron chi connectivity index (χ4n) is 3.22. The Hall–Kier alpha value is -2.69. The predicted molar refractivity (Wildman–Crippen MR) is 103 cm³/mol. The number of hydrogen-bond donors (Lipinski definition) is 1. The van der Waals surface area contributed by atoms with E-state index in [4.69, 9.17) is 9.47 Å². The zero-order valence-corrected chi connectivity index (χ0v) is 16.0. The number of carbonyl (C=O) groups is 1. The molecular weight excluding hydrogens is 328 g/mol. The zero-order chi connectivity index (χ0) is 18.9. The third-order valence-corrected chi connectivity index (χ3v) is 4.74. The minimum absolute atomic E-state index is 0.00434. The van der Waals surface area contributed by atoms with Crippen LogP contribution in [-0.2, 0) is 10.2 Å². The van der Waals surface area contributed by atoms with Gasteiger partial charge in [0.25, 0.3) is 0 Å². The van der Waals surface area contributed by atoms with Gasteiger partial charge in [-0.15, -0.1) is 0 Å². The third kappa shape index (κ3) is 3.47. The van der Waals surface area contributed by atoms with Crippen LogP contribution in [0.15, 0.2) is 42.5 Å². The minimum atomic E-state index is -0.0946. The second kappa shape index (κ2) is 6.90. The number of hydrazine groups is 1. The van der Waals surface area contributed by atoms with Crippen LogP contribution in [-0.4, -0.2) is 20.1 Å². The average Bonchev–Trinajstić information content (AvgIpc) is 3.02. The topological polar surface area (TPSA) is 50.8 Å². The minimum Gasteiger partial charge on any atom is -0.493 e. The second-order valence-electron chi connectivity index (χ2n) is 7.54. The summed E-state index contributed by atoms with van der Waals surface area (Å²) in [6.45, 7) is 6.56. The van der Waals surface area contributed by atoms with Crippen LogP contribution in [0.3, 0.4) is 0 Å². The lowest BCUT2D eigenvalue weighted by molar-refractivity contribution is -0.119. The van der Waals surface area contributed by atoms with E-state index in [9.17, 15) is 4.79 Å². The molecule has 1 amide bonds. The monoisotopic (exact) mass is 354 g/mol. The van der Waals surface area contributed by atoms with Crippen molar-refractivity contribution in [3.05, 3.63) is 53.6 Å². The van der Waals surface area contributed by atoms with E-state index in [1.165, 1.54) is 5.56 Å². The number of methoxy groups -OCH3 is 2. The van der Waals surface area contributed by atoms with Crippen molar-refractivity contribution >= 4 is 11.6 Å². The molecule has 0 bridgehead atoms. The van der Waals surface area contributed by atoms with E-state index in [1.54, 1.807) is 14.2 Å². The van der Waals surface area contributed by atoms with Crippen LogP contribution in [0.5, 0.6) is 11.5 Å². The van der Waals surface area contributed by atoms with Gasteiger partial charge in [0.2, 0.25) is 5.91 Å². The summed E-state index contributed by atoms with van der Waals surface area (Å²) in [6.07, 6.45) is 0.399. The molecule has 0 aliphatic carbocycles. The van der Waals surface area contributed by atoms with Gasteiger partial charge in [0.05, 0.1) is 32.4 Å². The van der Waals surface area contributed by atoms with Crippen molar-refractivity contribution in [2.24, 2.45) is 0 Å². The van der Waals surface area contributed by atoms with E-state index in [1.807, 2.05) is 23.2 Å². The number of nitrogens with one attached hydrogen (secondary N) is 1. The summed E-state index contributed by atoms with van der Waals surface area (Å²) < 4.78 is 10.7. The number of ether oxygens (including phenoxy) is 2.